The van der Waals surface area contributed by atoms with Gasteiger partial charge in [0, 0.05) is 36.6 Å². The number of nitrogens with zero attached hydrogens (tertiary/aromatic N) is 1. The Balaban J connectivity index is 1.57. The highest BCUT2D eigenvalue weighted by atomic mass is 16.3. The Labute approximate surface area is 126 Å². The predicted octanol–water partition coefficient (Wildman–Crippen LogP) is 3.78. The highest BCUT2D eigenvalue weighted by molar-refractivity contribution is 5.52. The van der Waals surface area contributed by atoms with Crippen LogP contribution in [0.5, 0.6) is 5.75 Å². The summed E-state index contributed by atoms with van der Waals surface area (Å²) in [5.41, 5.74) is 3.24. The number of piperidine rings is 1. The van der Waals surface area contributed by atoms with Gasteiger partial charge < -0.3 is 15.3 Å². The van der Waals surface area contributed by atoms with Crippen molar-refractivity contribution < 1.29 is 5.11 Å². The lowest BCUT2D eigenvalue weighted by Gasteiger charge is -2.34. The van der Waals surface area contributed by atoms with Crippen LogP contribution in [0.3, 0.4) is 0 Å². The highest BCUT2D eigenvalue weighted by Gasteiger charge is 2.19. The van der Waals surface area contributed by atoms with E-state index in [9.17, 15) is 5.11 Å². The van der Waals surface area contributed by atoms with E-state index in [4.69, 9.17) is 0 Å². The number of anilines is 2. The van der Waals surface area contributed by atoms with Gasteiger partial charge in [-0.05, 0) is 43.5 Å². The molecule has 0 unspecified atom stereocenters. The molecular formula is C18H22N2O. The van der Waals surface area contributed by atoms with Gasteiger partial charge in [-0.1, -0.05) is 24.3 Å². The van der Waals surface area contributed by atoms with E-state index in [1.54, 1.807) is 0 Å². The van der Waals surface area contributed by atoms with Gasteiger partial charge in [0.25, 0.3) is 0 Å². The van der Waals surface area contributed by atoms with Gasteiger partial charge >= 0.3 is 0 Å². The largest absolute Gasteiger partial charge is 0.508 e. The van der Waals surface area contributed by atoms with Crippen LogP contribution >= 0.6 is 0 Å². The van der Waals surface area contributed by atoms with Crippen LogP contribution < -0.4 is 10.2 Å². The lowest BCUT2D eigenvalue weighted by molar-refractivity contribution is 0.471. The fourth-order valence-corrected chi connectivity index (χ4v) is 2.86. The highest BCUT2D eigenvalue weighted by Crippen LogP contribution is 2.25. The maximum Gasteiger partial charge on any atom is 0.120 e. The van der Waals surface area contributed by atoms with Crippen molar-refractivity contribution in [2.45, 2.75) is 25.8 Å². The van der Waals surface area contributed by atoms with E-state index in [0.29, 0.717) is 11.8 Å². The standard InChI is InChI=1S/C18H22N2O/c1-14-7-8-16(13-18(14)21)19-15-9-11-20(12-10-15)17-5-3-2-4-6-17/h2-8,13,15,19,21H,9-12H2,1H3. The van der Waals surface area contributed by atoms with Crippen LogP contribution in [0.25, 0.3) is 0 Å². The van der Waals surface area contributed by atoms with Gasteiger partial charge in [0.15, 0.2) is 0 Å². The van der Waals surface area contributed by atoms with E-state index in [2.05, 4.69) is 40.5 Å². The average molecular weight is 282 g/mol. The second-order valence-corrected chi connectivity index (χ2v) is 5.74. The molecule has 3 rings (SSSR count). The summed E-state index contributed by atoms with van der Waals surface area (Å²) in [5.74, 6) is 0.363. The maximum absolute atomic E-state index is 9.77. The first kappa shape index (κ1) is 13.8. The van der Waals surface area contributed by atoms with Crippen molar-refractivity contribution in [2.75, 3.05) is 23.3 Å². The maximum atomic E-state index is 9.77. The molecule has 110 valence electrons. The smallest absolute Gasteiger partial charge is 0.120 e. The van der Waals surface area contributed by atoms with Crippen LogP contribution in [0.4, 0.5) is 11.4 Å². The van der Waals surface area contributed by atoms with Crippen LogP contribution in [0, 0.1) is 6.92 Å². The molecule has 0 atom stereocenters. The van der Waals surface area contributed by atoms with Crippen LogP contribution in [-0.4, -0.2) is 24.2 Å². The first-order valence-electron chi connectivity index (χ1n) is 7.58. The lowest BCUT2D eigenvalue weighted by atomic mass is 10.0. The molecule has 1 fully saturated rings. The molecule has 0 aromatic heterocycles. The molecule has 3 nitrogen and oxygen atoms in total. The Morgan fingerprint density at radius 3 is 2.43 bits per heavy atom. The van der Waals surface area contributed by atoms with Crippen molar-refractivity contribution in [3.8, 4) is 5.75 Å². The molecular weight excluding hydrogens is 260 g/mol. The third-order valence-corrected chi connectivity index (χ3v) is 4.20. The van der Waals surface area contributed by atoms with Crippen molar-refractivity contribution in [3.05, 3.63) is 54.1 Å². The molecule has 2 N–H and O–H groups in total. The fraction of sp³-hybridized carbons (Fsp3) is 0.333. The second-order valence-electron chi connectivity index (χ2n) is 5.74. The minimum atomic E-state index is 0.363. The molecule has 1 saturated heterocycles. The van der Waals surface area contributed by atoms with Crippen molar-refractivity contribution in [1.29, 1.82) is 0 Å². The van der Waals surface area contributed by atoms with Crippen LogP contribution in [0.1, 0.15) is 18.4 Å². The van der Waals surface area contributed by atoms with Crippen molar-refractivity contribution in [1.82, 2.24) is 0 Å². The molecule has 1 aliphatic rings. The summed E-state index contributed by atoms with van der Waals surface area (Å²) in [4.78, 5) is 2.44. The third kappa shape index (κ3) is 3.30. The first-order chi connectivity index (χ1) is 10.2. The Morgan fingerprint density at radius 1 is 1.05 bits per heavy atom. The average Bonchev–Trinajstić information content (AvgIpc) is 2.53. The number of phenolic OH excluding ortho intramolecular Hbond substituents is 1. The summed E-state index contributed by atoms with van der Waals surface area (Å²) in [5, 5.41) is 13.3. The molecule has 0 saturated carbocycles. The molecule has 2 aromatic rings. The predicted molar refractivity (Wildman–Crippen MR) is 88.1 cm³/mol. The summed E-state index contributed by atoms with van der Waals surface area (Å²) < 4.78 is 0. The molecule has 1 heterocycles. The number of aryl methyl sites for hydroxylation is 1. The molecule has 0 amide bonds. The Kier molecular flexibility index (Phi) is 4.00. The number of rotatable bonds is 3. The lowest BCUT2D eigenvalue weighted by Crippen LogP contribution is -2.39. The van der Waals surface area contributed by atoms with Gasteiger partial charge in [-0.25, -0.2) is 0 Å². The van der Waals surface area contributed by atoms with Gasteiger partial charge in [0.2, 0.25) is 0 Å². The molecule has 0 aliphatic carbocycles. The zero-order chi connectivity index (χ0) is 14.7. The molecule has 21 heavy (non-hydrogen) atoms. The quantitative estimate of drug-likeness (QED) is 0.899. The summed E-state index contributed by atoms with van der Waals surface area (Å²) in [6.45, 7) is 4.05. The monoisotopic (exact) mass is 282 g/mol. The molecule has 0 bridgehead atoms. The minimum Gasteiger partial charge on any atom is -0.508 e. The van der Waals surface area contributed by atoms with Gasteiger partial charge in [-0.2, -0.15) is 0 Å². The van der Waals surface area contributed by atoms with Crippen molar-refractivity contribution in [2.24, 2.45) is 0 Å². The Hall–Kier alpha value is -2.16. The van der Waals surface area contributed by atoms with Gasteiger partial charge in [-0.15, -0.1) is 0 Å². The number of para-hydroxylation sites is 1. The van der Waals surface area contributed by atoms with Crippen LogP contribution in [0.15, 0.2) is 48.5 Å². The van der Waals surface area contributed by atoms with Crippen LogP contribution in [-0.2, 0) is 0 Å². The van der Waals surface area contributed by atoms with E-state index in [1.165, 1.54) is 5.69 Å². The molecule has 0 radical (unpaired) electrons. The SMILES string of the molecule is Cc1ccc(NC2CCN(c3ccccc3)CC2)cc1O. The van der Waals surface area contributed by atoms with Gasteiger partial charge in [0.05, 0.1) is 0 Å². The van der Waals surface area contributed by atoms with E-state index in [-0.39, 0.29) is 0 Å². The number of benzene rings is 2. The van der Waals surface area contributed by atoms with E-state index < -0.39 is 0 Å². The molecule has 3 heteroatoms. The Bertz CT molecular complexity index is 589. The van der Waals surface area contributed by atoms with E-state index in [1.807, 2.05) is 25.1 Å². The molecule has 0 spiro atoms. The molecule has 2 aromatic carbocycles. The summed E-state index contributed by atoms with van der Waals surface area (Å²) in [6, 6.07) is 16.9. The second kappa shape index (κ2) is 6.08. The number of hydrogen-bond donors (Lipinski definition) is 2. The zero-order valence-electron chi connectivity index (χ0n) is 12.4. The number of hydrogen-bond acceptors (Lipinski definition) is 3. The number of aromatic hydroxyl groups is 1. The van der Waals surface area contributed by atoms with Crippen LogP contribution in [0.2, 0.25) is 0 Å². The van der Waals surface area contributed by atoms with Crippen molar-refractivity contribution >= 4 is 11.4 Å². The third-order valence-electron chi connectivity index (χ3n) is 4.20. The van der Waals surface area contributed by atoms with E-state index >= 15 is 0 Å². The Morgan fingerprint density at radius 2 is 1.76 bits per heavy atom. The van der Waals surface area contributed by atoms with Gasteiger partial charge in [-0.3, -0.25) is 0 Å². The van der Waals surface area contributed by atoms with E-state index in [0.717, 1.165) is 37.2 Å². The first-order valence-corrected chi connectivity index (χ1v) is 7.58. The summed E-state index contributed by atoms with van der Waals surface area (Å²) in [6.07, 6.45) is 2.23. The molecule has 1 aliphatic heterocycles. The number of phenols is 1. The van der Waals surface area contributed by atoms with Crippen molar-refractivity contribution in [3.63, 3.8) is 0 Å². The summed E-state index contributed by atoms with van der Waals surface area (Å²) >= 11 is 0. The normalized spacial score (nSPS) is 16.0. The van der Waals surface area contributed by atoms with Gasteiger partial charge in [0.1, 0.15) is 5.75 Å². The minimum absolute atomic E-state index is 0.363. The topological polar surface area (TPSA) is 35.5 Å². The number of nitrogens with one attached hydrogen (secondary N) is 1. The fourth-order valence-electron chi connectivity index (χ4n) is 2.86. The zero-order valence-corrected chi connectivity index (χ0v) is 12.4. The summed E-state index contributed by atoms with van der Waals surface area (Å²) in [7, 11) is 0.